The van der Waals surface area contributed by atoms with E-state index in [0.717, 1.165) is 0 Å². The Bertz CT molecular complexity index is 31.9. The van der Waals surface area contributed by atoms with Crippen LogP contribution in [0.5, 0.6) is 0 Å². The predicted octanol–water partition coefficient (Wildman–Crippen LogP) is -3.59. The largest absolute Gasteiger partial charge is 0.870 e. The second-order valence-corrected chi connectivity index (χ2v) is 0.750. The summed E-state index contributed by atoms with van der Waals surface area (Å²) in [6.07, 6.45) is 0. The van der Waals surface area contributed by atoms with Gasteiger partial charge in [0.2, 0.25) is 0 Å². The second kappa shape index (κ2) is 41.8. The van der Waals surface area contributed by atoms with Crippen LogP contribution in [0.15, 0.2) is 0 Å². The van der Waals surface area contributed by atoms with E-state index in [9.17, 15) is 0 Å². The van der Waals surface area contributed by atoms with Crippen LogP contribution in [0.1, 0.15) is 0 Å². The molecule has 0 saturated carbocycles. The van der Waals surface area contributed by atoms with Gasteiger partial charge in [0.1, 0.15) is 0 Å². The first-order valence-electron chi connectivity index (χ1n) is 0.612. The second-order valence-electron chi connectivity index (χ2n) is 0.250. The monoisotopic (exact) mass is 192 g/mol. The summed E-state index contributed by atoms with van der Waals surface area (Å²) < 4.78 is 8.52. The molecule has 0 saturated heterocycles. The average Bonchev–Trinajstić information content (AvgIpc) is 0.811. The Morgan fingerprint density at radius 3 is 0.889 bits per heavy atom. The molecular weight excluding hydrogens is 188 g/mol. The molecule has 0 aromatic heterocycles. The third-order valence-corrected chi connectivity index (χ3v) is 0. The van der Waals surface area contributed by atoms with Gasteiger partial charge in [0, 0.05) is 30.9 Å². The molecule has 0 fully saturated rings. The van der Waals surface area contributed by atoms with Crippen molar-refractivity contribution in [2.75, 3.05) is 0 Å². The summed E-state index contributed by atoms with van der Waals surface area (Å²) in [5, 5.41) is 0. The van der Waals surface area contributed by atoms with Crippen LogP contribution in [0.3, 0.4) is 0 Å². The van der Waals surface area contributed by atoms with E-state index in [2.05, 4.69) is 0 Å². The van der Waals surface area contributed by atoms with Crippen molar-refractivity contribution in [3.05, 3.63) is 0 Å². The standard InChI is InChI=1S/O3Si.4H2O.Ti/c1-4(2)3;;;;;/h;4*1H2;/q-2;;;;;/p-4. The molecular formula is H4O7SiTi-6. The molecule has 0 aliphatic carbocycles. The maximum atomic E-state index is 8.52. The summed E-state index contributed by atoms with van der Waals surface area (Å²) in [4.78, 5) is 17.0. The molecule has 0 aliphatic heterocycles. The van der Waals surface area contributed by atoms with Crippen molar-refractivity contribution in [2.24, 2.45) is 0 Å². The fourth-order valence-corrected chi connectivity index (χ4v) is 0. The molecule has 0 heterocycles. The van der Waals surface area contributed by atoms with E-state index >= 15 is 0 Å². The van der Waals surface area contributed by atoms with Gasteiger partial charge >= 0.3 is 0 Å². The van der Waals surface area contributed by atoms with Gasteiger partial charge in [-0.1, -0.05) is 0 Å². The van der Waals surface area contributed by atoms with Crippen molar-refractivity contribution < 1.29 is 57.7 Å². The van der Waals surface area contributed by atoms with Gasteiger partial charge in [0.05, 0.1) is 0 Å². The van der Waals surface area contributed by atoms with Crippen LogP contribution in [0.2, 0.25) is 0 Å². The Hall–Kier alpha value is 0.171. The molecule has 9 heavy (non-hydrogen) atoms. The van der Waals surface area contributed by atoms with E-state index in [1.807, 2.05) is 0 Å². The van der Waals surface area contributed by atoms with Gasteiger partial charge in [-0.05, 0) is 0 Å². The van der Waals surface area contributed by atoms with Crippen molar-refractivity contribution in [3.63, 3.8) is 0 Å². The van der Waals surface area contributed by atoms with Crippen LogP contribution in [0, 0.1) is 0 Å². The third kappa shape index (κ3) is 10600. The average molecular weight is 192 g/mol. The first-order chi connectivity index (χ1) is 1.73. The van der Waals surface area contributed by atoms with Gasteiger partial charge in [-0.25, -0.2) is 0 Å². The van der Waals surface area contributed by atoms with Gasteiger partial charge in [-0.3, -0.25) is 0 Å². The van der Waals surface area contributed by atoms with Crippen molar-refractivity contribution in [1.82, 2.24) is 0 Å². The Morgan fingerprint density at radius 2 is 0.889 bits per heavy atom. The molecule has 4 N–H and O–H groups in total. The molecule has 0 spiro atoms. The minimum atomic E-state index is -3.63. The Labute approximate surface area is 67.3 Å². The van der Waals surface area contributed by atoms with E-state index in [1.165, 1.54) is 0 Å². The van der Waals surface area contributed by atoms with Crippen LogP contribution in [0.25, 0.3) is 0 Å². The van der Waals surface area contributed by atoms with E-state index < -0.39 is 9.17 Å². The smallest absolute Gasteiger partial charge is 0.0172 e. The summed E-state index contributed by atoms with van der Waals surface area (Å²) in [7, 11) is -3.63. The molecule has 0 aromatic carbocycles. The van der Waals surface area contributed by atoms with Crippen LogP contribution in [-0.2, 0) is 26.2 Å². The normalized spacial score (nSPS) is 2.67. The number of hydrogen-bond donors (Lipinski definition) is 0. The first-order valence-corrected chi connectivity index (χ1v) is 1.84. The zero-order valence-corrected chi connectivity index (χ0v) is 6.58. The summed E-state index contributed by atoms with van der Waals surface area (Å²) in [6.45, 7) is 0. The van der Waals surface area contributed by atoms with E-state index in [-0.39, 0.29) is 43.6 Å². The van der Waals surface area contributed by atoms with Gasteiger partial charge in [0.15, 0.2) is 0 Å². The van der Waals surface area contributed by atoms with Crippen molar-refractivity contribution in [3.8, 4) is 0 Å². The quantitative estimate of drug-likeness (QED) is 0.354. The Morgan fingerprint density at radius 1 is 0.889 bits per heavy atom. The van der Waals surface area contributed by atoms with Crippen molar-refractivity contribution in [2.45, 2.75) is 0 Å². The third-order valence-electron chi connectivity index (χ3n) is 0. The van der Waals surface area contributed by atoms with Crippen molar-refractivity contribution in [1.29, 1.82) is 0 Å². The molecule has 0 amide bonds. The van der Waals surface area contributed by atoms with Gasteiger partial charge < -0.3 is 36.0 Å². The Balaban J connectivity index is -0.00000000450. The van der Waals surface area contributed by atoms with E-state index in [0.29, 0.717) is 0 Å². The summed E-state index contributed by atoms with van der Waals surface area (Å²) in [6, 6.07) is 0. The maximum absolute atomic E-state index is 8.52. The summed E-state index contributed by atoms with van der Waals surface area (Å²) in [5.41, 5.74) is 0. The molecule has 0 rings (SSSR count). The minimum absolute atomic E-state index is 0. The fraction of sp³-hybridized carbons (Fsp3) is 0. The van der Waals surface area contributed by atoms with E-state index in [1.54, 1.807) is 0 Å². The predicted molar refractivity (Wildman–Crippen MR) is 14.2 cm³/mol. The first kappa shape index (κ1) is 60.9. The van der Waals surface area contributed by atoms with Gasteiger partial charge in [-0.15, -0.1) is 0 Å². The molecule has 0 bridgehead atoms. The van der Waals surface area contributed by atoms with Crippen LogP contribution in [0.4, 0.5) is 0 Å². The molecule has 0 radical (unpaired) electrons. The molecule has 0 atom stereocenters. The zero-order chi connectivity index (χ0) is 3.58. The molecule has 60 valence electrons. The zero-order valence-electron chi connectivity index (χ0n) is 4.01. The minimum Gasteiger partial charge on any atom is -0.870 e. The topological polar surface area (TPSA) is 183 Å². The SMILES string of the molecule is O=[Si]([O-])[O-].[OH-].[OH-].[OH-].[OH-].[Ti]. The van der Waals surface area contributed by atoms with Gasteiger partial charge in [-0.2, -0.15) is 0 Å². The molecule has 0 unspecified atom stereocenters. The van der Waals surface area contributed by atoms with Crippen LogP contribution < -0.4 is 9.59 Å². The molecule has 9 heteroatoms. The summed E-state index contributed by atoms with van der Waals surface area (Å²) >= 11 is 0. The summed E-state index contributed by atoms with van der Waals surface area (Å²) in [5.74, 6) is 0. The molecule has 7 nitrogen and oxygen atoms in total. The van der Waals surface area contributed by atoms with Crippen molar-refractivity contribution >= 4 is 9.17 Å². The van der Waals surface area contributed by atoms with Crippen LogP contribution >= 0.6 is 0 Å². The number of hydrogen-bond acceptors (Lipinski definition) is 7. The molecule has 0 aliphatic rings. The van der Waals surface area contributed by atoms with E-state index in [4.69, 9.17) is 14.1 Å². The Kier molecular flexibility index (Phi) is 283. The number of rotatable bonds is 0. The maximum Gasteiger partial charge on any atom is 0.0172 e. The fourth-order valence-electron chi connectivity index (χ4n) is 0. The molecule has 0 aromatic rings. The van der Waals surface area contributed by atoms with Gasteiger partial charge in [0.25, 0.3) is 0 Å². The van der Waals surface area contributed by atoms with Crippen LogP contribution in [-0.4, -0.2) is 31.1 Å².